The smallest absolute Gasteiger partial charge is 0.333 e. The first kappa shape index (κ1) is 18.9. The fourth-order valence-corrected chi connectivity index (χ4v) is 4.92. The maximum absolute atomic E-state index is 13.1. The molecule has 1 aliphatic rings. The van der Waals surface area contributed by atoms with Crippen LogP contribution >= 0.6 is 11.3 Å². The second kappa shape index (κ2) is 7.91. The lowest BCUT2D eigenvalue weighted by atomic mass is 10.1. The molecule has 3 aromatic rings. The summed E-state index contributed by atoms with van der Waals surface area (Å²) >= 11 is 1.43. The molecule has 0 bridgehead atoms. The Morgan fingerprint density at radius 3 is 2.61 bits per heavy atom. The van der Waals surface area contributed by atoms with Gasteiger partial charge in [-0.05, 0) is 38.2 Å². The Bertz CT molecular complexity index is 1110. The Hall–Kier alpha value is -2.41. The van der Waals surface area contributed by atoms with Gasteiger partial charge in [0.25, 0.3) is 5.56 Å². The van der Waals surface area contributed by atoms with E-state index in [4.69, 9.17) is 4.98 Å². The number of thiazole rings is 1. The van der Waals surface area contributed by atoms with Gasteiger partial charge >= 0.3 is 5.69 Å². The van der Waals surface area contributed by atoms with Crippen molar-refractivity contribution in [2.45, 2.75) is 52.6 Å². The van der Waals surface area contributed by atoms with Gasteiger partial charge in [0.15, 0.2) is 10.8 Å². The summed E-state index contributed by atoms with van der Waals surface area (Å²) in [5, 5.41) is 0.860. The van der Waals surface area contributed by atoms with Crippen LogP contribution in [0.3, 0.4) is 0 Å². The number of benzene rings is 1. The lowest BCUT2D eigenvalue weighted by Gasteiger charge is -2.25. The summed E-state index contributed by atoms with van der Waals surface area (Å²) in [6, 6.07) is 8.12. The van der Waals surface area contributed by atoms with Crippen LogP contribution in [0, 0.1) is 6.92 Å². The second-order valence-electron chi connectivity index (χ2n) is 7.51. The molecule has 0 aliphatic carbocycles. The van der Waals surface area contributed by atoms with Crippen LogP contribution < -0.4 is 16.1 Å². The van der Waals surface area contributed by atoms with Crippen molar-refractivity contribution >= 4 is 26.8 Å². The van der Waals surface area contributed by atoms with Crippen LogP contribution in [0.15, 0.2) is 33.9 Å². The van der Waals surface area contributed by atoms with Gasteiger partial charge in [0.2, 0.25) is 0 Å². The molecule has 4 rings (SSSR count). The molecule has 0 amide bonds. The van der Waals surface area contributed by atoms with E-state index in [1.807, 2.05) is 32.0 Å². The van der Waals surface area contributed by atoms with Crippen LogP contribution in [-0.2, 0) is 13.1 Å². The third kappa shape index (κ3) is 3.51. The Labute approximate surface area is 168 Å². The monoisotopic (exact) mass is 398 g/mol. The van der Waals surface area contributed by atoms with Crippen LogP contribution in [0.25, 0.3) is 10.3 Å². The molecule has 7 heteroatoms. The third-order valence-corrected chi connectivity index (χ3v) is 6.35. The van der Waals surface area contributed by atoms with E-state index in [1.54, 1.807) is 4.57 Å². The largest absolute Gasteiger partial charge is 0.348 e. The number of rotatable bonds is 5. The maximum atomic E-state index is 13.1. The van der Waals surface area contributed by atoms with Gasteiger partial charge in [-0.3, -0.25) is 13.9 Å². The van der Waals surface area contributed by atoms with Crippen molar-refractivity contribution in [1.82, 2.24) is 14.1 Å². The number of hydrogen-bond donors (Lipinski definition) is 0. The molecule has 6 nitrogen and oxygen atoms in total. The van der Waals surface area contributed by atoms with Crippen molar-refractivity contribution in [3.05, 3.63) is 56.2 Å². The van der Waals surface area contributed by atoms with E-state index < -0.39 is 0 Å². The minimum Gasteiger partial charge on any atom is -0.348 e. The van der Waals surface area contributed by atoms with Crippen molar-refractivity contribution in [1.29, 1.82) is 0 Å². The zero-order valence-electron chi connectivity index (χ0n) is 16.5. The van der Waals surface area contributed by atoms with Crippen molar-refractivity contribution in [3.63, 3.8) is 0 Å². The van der Waals surface area contributed by atoms with Gasteiger partial charge in [-0.2, -0.15) is 0 Å². The molecule has 0 unspecified atom stereocenters. The van der Waals surface area contributed by atoms with Crippen LogP contribution in [0.2, 0.25) is 0 Å². The molecule has 0 N–H and O–H groups in total. The van der Waals surface area contributed by atoms with Gasteiger partial charge in [-0.15, -0.1) is 0 Å². The van der Waals surface area contributed by atoms with Gasteiger partial charge in [0, 0.05) is 19.6 Å². The van der Waals surface area contributed by atoms with E-state index in [-0.39, 0.29) is 11.2 Å². The molecule has 0 saturated carbocycles. The molecule has 28 heavy (non-hydrogen) atoms. The summed E-state index contributed by atoms with van der Waals surface area (Å²) < 4.78 is 3.63. The highest BCUT2D eigenvalue weighted by atomic mass is 32.1. The highest BCUT2D eigenvalue weighted by Gasteiger charge is 2.21. The summed E-state index contributed by atoms with van der Waals surface area (Å²) in [6.07, 6.45) is 4.27. The van der Waals surface area contributed by atoms with Crippen molar-refractivity contribution in [3.8, 4) is 0 Å². The lowest BCUT2D eigenvalue weighted by Crippen LogP contribution is -2.40. The Kier molecular flexibility index (Phi) is 5.35. The summed E-state index contributed by atoms with van der Waals surface area (Å²) in [5.41, 5.74) is 2.24. The quantitative estimate of drug-likeness (QED) is 0.661. The Morgan fingerprint density at radius 2 is 1.89 bits per heavy atom. The first-order chi connectivity index (χ1) is 13.6. The average molecular weight is 399 g/mol. The number of piperidine rings is 1. The van der Waals surface area contributed by atoms with Crippen molar-refractivity contribution < 1.29 is 0 Å². The van der Waals surface area contributed by atoms with Gasteiger partial charge in [-0.1, -0.05) is 48.1 Å². The number of hydrogen-bond acceptors (Lipinski definition) is 5. The molecule has 3 heterocycles. The van der Waals surface area contributed by atoms with E-state index >= 15 is 0 Å². The third-order valence-electron chi connectivity index (χ3n) is 5.25. The fraction of sp³-hybridized carbons (Fsp3) is 0.476. The highest BCUT2D eigenvalue weighted by Crippen LogP contribution is 2.28. The minimum atomic E-state index is -0.267. The van der Waals surface area contributed by atoms with Gasteiger partial charge in [0.1, 0.15) is 4.70 Å². The van der Waals surface area contributed by atoms with E-state index in [9.17, 15) is 9.59 Å². The molecular weight excluding hydrogens is 372 g/mol. The van der Waals surface area contributed by atoms with Gasteiger partial charge in [-0.25, -0.2) is 9.78 Å². The summed E-state index contributed by atoms with van der Waals surface area (Å²) in [6.45, 7) is 6.79. The van der Waals surface area contributed by atoms with Crippen LogP contribution in [0.1, 0.15) is 43.7 Å². The predicted octanol–water partition coefficient (Wildman–Crippen LogP) is 3.38. The number of nitrogens with zero attached hydrogens (tertiary/aromatic N) is 4. The highest BCUT2D eigenvalue weighted by molar-refractivity contribution is 7.22. The maximum Gasteiger partial charge on any atom is 0.333 e. The Balaban J connectivity index is 1.88. The second-order valence-corrected chi connectivity index (χ2v) is 8.49. The van der Waals surface area contributed by atoms with E-state index in [2.05, 4.69) is 11.0 Å². The summed E-state index contributed by atoms with van der Waals surface area (Å²) in [7, 11) is 0. The van der Waals surface area contributed by atoms with Gasteiger partial charge in [0.05, 0.1) is 6.54 Å². The molecule has 1 fully saturated rings. The minimum absolute atomic E-state index is 0.205. The SMILES string of the molecule is CCCn1c(=O)c2sc(N3CCCCC3)nc2n(Cc2cccc(C)c2)c1=O. The summed E-state index contributed by atoms with van der Waals surface area (Å²) in [4.78, 5) is 33.2. The molecule has 148 valence electrons. The fourth-order valence-electron chi connectivity index (χ4n) is 3.85. The number of aromatic nitrogens is 3. The number of anilines is 1. The zero-order chi connectivity index (χ0) is 19.7. The molecular formula is C21H26N4O2S. The predicted molar refractivity (Wildman–Crippen MR) is 115 cm³/mol. The molecule has 1 saturated heterocycles. The lowest BCUT2D eigenvalue weighted by molar-refractivity contribution is 0.574. The normalized spacial score (nSPS) is 14.7. The van der Waals surface area contributed by atoms with E-state index in [0.29, 0.717) is 23.4 Å². The summed E-state index contributed by atoms with van der Waals surface area (Å²) in [5.74, 6) is 0. The molecule has 0 radical (unpaired) electrons. The first-order valence-corrected chi connectivity index (χ1v) is 10.8. The van der Waals surface area contributed by atoms with Crippen LogP contribution in [0.5, 0.6) is 0 Å². The molecule has 1 aromatic carbocycles. The van der Waals surface area contributed by atoms with E-state index in [0.717, 1.165) is 48.6 Å². The molecule has 0 atom stereocenters. The number of fused-ring (bicyclic) bond motifs is 1. The number of aryl methyl sites for hydroxylation is 1. The van der Waals surface area contributed by atoms with Crippen LogP contribution in [0.4, 0.5) is 5.13 Å². The first-order valence-electron chi connectivity index (χ1n) is 10.0. The average Bonchev–Trinajstić information content (AvgIpc) is 3.15. The Morgan fingerprint density at radius 1 is 1.11 bits per heavy atom. The van der Waals surface area contributed by atoms with Crippen molar-refractivity contribution in [2.75, 3.05) is 18.0 Å². The van der Waals surface area contributed by atoms with Crippen molar-refractivity contribution in [2.24, 2.45) is 0 Å². The molecule has 2 aromatic heterocycles. The van der Waals surface area contributed by atoms with Crippen LogP contribution in [-0.4, -0.2) is 27.2 Å². The zero-order valence-corrected chi connectivity index (χ0v) is 17.3. The molecule has 1 aliphatic heterocycles. The molecule has 0 spiro atoms. The standard InChI is InChI=1S/C21H26N4O2S/c1-3-10-24-19(26)17-18(22-20(28-17)23-11-5-4-6-12-23)25(21(24)27)14-16-9-7-8-15(2)13-16/h7-9,13H,3-6,10-12,14H2,1-2H3. The van der Waals surface area contributed by atoms with Gasteiger partial charge < -0.3 is 4.90 Å². The topological polar surface area (TPSA) is 60.1 Å². The van der Waals surface area contributed by atoms with E-state index in [1.165, 1.54) is 22.3 Å².